The number of hydrogen-bond donors (Lipinski definition) is 1. The van der Waals surface area contributed by atoms with Crippen LogP contribution in [-0.2, 0) is 0 Å². The lowest BCUT2D eigenvalue weighted by molar-refractivity contribution is 0.477. The molecule has 1 N–H and O–H groups in total. The van der Waals surface area contributed by atoms with E-state index in [2.05, 4.69) is 0 Å². The molecule has 0 saturated heterocycles. The summed E-state index contributed by atoms with van der Waals surface area (Å²) >= 11 is 5.87. The van der Waals surface area contributed by atoms with Crippen LogP contribution >= 0.6 is 11.6 Å². The van der Waals surface area contributed by atoms with E-state index in [9.17, 15) is 9.50 Å². The minimum absolute atomic E-state index is 0.106. The Kier molecular flexibility index (Phi) is 3.63. The normalized spacial score (nSPS) is 10.6. The number of halogens is 2. The quantitative estimate of drug-likeness (QED) is 0.660. The summed E-state index contributed by atoms with van der Waals surface area (Å²) in [5.41, 5.74) is 2.45. The van der Waals surface area contributed by atoms with Crippen molar-refractivity contribution in [2.75, 3.05) is 0 Å². The SMILES string of the molecule is Oc1c(Cl)cccc1-c1ccc(-c2ccccc2)cc1F. The first-order chi connectivity index (χ1) is 10.2. The van der Waals surface area contributed by atoms with Crippen LogP contribution in [0.1, 0.15) is 0 Å². The van der Waals surface area contributed by atoms with Gasteiger partial charge < -0.3 is 5.11 Å². The molecular formula is C18H12ClFO. The van der Waals surface area contributed by atoms with Gasteiger partial charge in [-0.05, 0) is 23.3 Å². The highest BCUT2D eigenvalue weighted by atomic mass is 35.5. The van der Waals surface area contributed by atoms with E-state index in [1.165, 1.54) is 6.07 Å². The van der Waals surface area contributed by atoms with Crippen LogP contribution in [0.3, 0.4) is 0 Å². The molecule has 3 aromatic carbocycles. The molecule has 3 aromatic rings. The van der Waals surface area contributed by atoms with Crippen molar-refractivity contribution in [3.05, 3.63) is 77.6 Å². The molecule has 0 heterocycles. The van der Waals surface area contributed by atoms with Gasteiger partial charge in [-0.25, -0.2) is 4.39 Å². The van der Waals surface area contributed by atoms with Crippen molar-refractivity contribution in [1.29, 1.82) is 0 Å². The average molecular weight is 299 g/mol. The summed E-state index contributed by atoms with van der Waals surface area (Å²) in [6.45, 7) is 0. The summed E-state index contributed by atoms with van der Waals surface area (Å²) in [5.74, 6) is -0.501. The van der Waals surface area contributed by atoms with Crippen molar-refractivity contribution in [3.63, 3.8) is 0 Å². The third-order valence-corrected chi connectivity index (χ3v) is 3.66. The van der Waals surface area contributed by atoms with Crippen molar-refractivity contribution in [3.8, 4) is 28.0 Å². The van der Waals surface area contributed by atoms with Gasteiger partial charge in [0.25, 0.3) is 0 Å². The van der Waals surface area contributed by atoms with Crippen LogP contribution in [0.15, 0.2) is 66.7 Å². The molecule has 0 amide bonds. The number of hydrogen-bond acceptors (Lipinski definition) is 1. The Hall–Kier alpha value is -2.32. The van der Waals surface area contributed by atoms with Gasteiger partial charge >= 0.3 is 0 Å². The van der Waals surface area contributed by atoms with Gasteiger partial charge in [-0.2, -0.15) is 0 Å². The average Bonchev–Trinajstić information content (AvgIpc) is 2.51. The molecule has 0 aliphatic heterocycles. The van der Waals surface area contributed by atoms with Gasteiger partial charge in [-0.3, -0.25) is 0 Å². The van der Waals surface area contributed by atoms with E-state index in [1.54, 1.807) is 24.3 Å². The van der Waals surface area contributed by atoms with Crippen molar-refractivity contribution in [2.24, 2.45) is 0 Å². The zero-order valence-electron chi connectivity index (χ0n) is 11.1. The topological polar surface area (TPSA) is 20.2 Å². The Morgan fingerprint density at radius 3 is 2.24 bits per heavy atom. The van der Waals surface area contributed by atoms with Gasteiger partial charge in [-0.1, -0.05) is 66.2 Å². The van der Waals surface area contributed by atoms with Gasteiger partial charge in [-0.15, -0.1) is 0 Å². The predicted molar refractivity (Wildman–Crippen MR) is 83.9 cm³/mol. The molecule has 1 nitrogen and oxygen atoms in total. The molecule has 0 saturated carbocycles. The first-order valence-electron chi connectivity index (χ1n) is 6.49. The first kappa shape index (κ1) is 13.7. The van der Waals surface area contributed by atoms with Crippen molar-refractivity contribution in [1.82, 2.24) is 0 Å². The Morgan fingerprint density at radius 2 is 1.52 bits per heavy atom. The van der Waals surface area contributed by atoms with Crippen LogP contribution in [0.4, 0.5) is 4.39 Å². The van der Waals surface area contributed by atoms with Gasteiger partial charge in [0, 0.05) is 11.1 Å². The lowest BCUT2D eigenvalue weighted by Crippen LogP contribution is -1.87. The summed E-state index contributed by atoms with van der Waals surface area (Å²) in [6.07, 6.45) is 0. The molecule has 0 bridgehead atoms. The molecule has 0 spiro atoms. The summed E-state index contributed by atoms with van der Waals surface area (Å²) in [7, 11) is 0. The third kappa shape index (κ3) is 2.63. The van der Waals surface area contributed by atoms with Crippen molar-refractivity contribution >= 4 is 11.6 Å². The maximum absolute atomic E-state index is 14.4. The van der Waals surface area contributed by atoms with Crippen molar-refractivity contribution < 1.29 is 9.50 Å². The largest absolute Gasteiger partial charge is 0.506 e. The molecule has 0 fully saturated rings. The molecule has 0 atom stereocenters. The Balaban J connectivity index is 2.09. The first-order valence-corrected chi connectivity index (χ1v) is 6.87. The van der Waals surface area contributed by atoms with E-state index >= 15 is 0 Å². The second-order valence-electron chi connectivity index (χ2n) is 4.70. The zero-order chi connectivity index (χ0) is 14.8. The molecule has 0 aliphatic rings. The van der Waals surface area contributed by atoms with Gasteiger partial charge in [0.05, 0.1) is 5.02 Å². The number of aromatic hydroxyl groups is 1. The van der Waals surface area contributed by atoms with Crippen molar-refractivity contribution in [2.45, 2.75) is 0 Å². The summed E-state index contributed by atoms with van der Waals surface area (Å²) in [4.78, 5) is 0. The van der Waals surface area contributed by atoms with Gasteiger partial charge in [0.1, 0.15) is 11.6 Å². The fourth-order valence-electron chi connectivity index (χ4n) is 2.28. The van der Waals surface area contributed by atoms with Crippen LogP contribution in [-0.4, -0.2) is 5.11 Å². The van der Waals surface area contributed by atoms with E-state index in [0.29, 0.717) is 11.1 Å². The number of phenols is 1. The Labute approximate surface area is 127 Å². The minimum Gasteiger partial charge on any atom is -0.506 e. The molecule has 104 valence electrons. The Bertz CT molecular complexity index is 784. The molecule has 0 unspecified atom stereocenters. The van der Waals surface area contributed by atoms with Gasteiger partial charge in [0.2, 0.25) is 0 Å². The van der Waals surface area contributed by atoms with Crippen LogP contribution < -0.4 is 0 Å². The van der Waals surface area contributed by atoms with E-state index in [1.807, 2.05) is 36.4 Å². The minimum atomic E-state index is -0.395. The van der Waals surface area contributed by atoms with E-state index in [4.69, 9.17) is 11.6 Å². The van der Waals surface area contributed by atoms with E-state index < -0.39 is 5.82 Å². The molecular weight excluding hydrogens is 287 g/mol. The monoisotopic (exact) mass is 298 g/mol. The molecule has 3 heteroatoms. The van der Waals surface area contributed by atoms with Crippen LogP contribution in [0.25, 0.3) is 22.3 Å². The maximum Gasteiger partial charge on any atom is 0.142 e. The summed E-state index contributed by atoms with van der Waals surface area (Å²) in [5, 5.41) is 10.2. The lowest BCUT2D eigenvalue weighted by atomic mass is 9.99. The fraction of sp³-hybridized carbons (Fsp3) is 0. The highest BCUT2D eigenvalue weighted by Crippen LogP contribution is 2.37. The second-order valence-corrected chi connectivity index (χ2v) is 5.10. The zero-order valence-corrected chi connectivity index (χ0v) is 11.8. The number of phenolic OH excluding ortho intramolecular Hbond substituents is 1. The molecule has 21 heavy (non-hydrogen) atoms. The maximum atomic E-state index is 14.4. The fourth-order valence-corrected chi connectivity index (χ4v) is 2.45. The number of rotatable bonds is 2. The predicted octanol–water partition coefficient (Wildman–Crippen LogP) is 5.52. The third-order valence-electron chi connectivity index (χ3n) is 3.35. The van der Waals surface area contributed by atoms with E-state index in [-0.39, 0.29) is 10.8 Å². The molecule has 0 aromatic heterocycles. The smallest absolute Gasteiger partial charge is 0.142 e. The van der Waals surface area contributed by atoms with Gasteiger partial charge in [0.15, 0.2) is 0 Å². The highest BCUT2D eigenvalue weighted by molar-refractivity contribution is 6.32. The number of para-hydroxylation sites is 1. The van der Waals surface area contributed by atoms with Crippen LogP contribution in [0, 0.1) is 5.82 Å². The molecule has 3 rings (SSSR count). The van der Waals surface area contributed by atoms with E-state index in [0.717, 1.165) is 11.1 Å². The summed E-state index contributed by atoms with van der Waals surface area (Å²) in [6, 6.07) is 19.4. The molecule has 0 aliphatic carbocycles. The van der Waals surface area contributed by atoms with Crippen LogP contribution in [0.2, 0.25) is 5.02 Å². The highest BCUT2D eigenvalue weighted by Gasteiger charge is 2.12. The summed E-state index contributed by atoms with van der Waals surface area (Å²) < 4.78 is 14.4. The standard InChI is InChI=1S/C18H12ClFO/c19-16-8-4-7-15(18(16)21)14-10-9-13(11-17(14)20)12-5-2-1-3-6-12/h1-11,21H. The Morgan fingerprint density at radius 1 is 0.762 bits per heavy atom. The van der Waals surface area contributed by atoms with Crippen LogP contribution in [0.5, 0.6) is 5.75 Å². The second kappa shape index (κ2) is 5.58. The lowest BCUT2D eigenvalue weighted by Gasteiger charge is -2.09. The number of benzene rings is 3. The molecule has 0 radical (unpaired) electrons.